The predicted octanol–water partition coefficient (Wildman–Crippen LogP) is 1.32. The third-order valence-corrected chi connectivity index (χ3v) is 0.961. The molecule has 0 heterocycles. The number of carbonyl (C=O) groups excluding carboxylic acids is 1. The molecule has 0 saturated carbocycles. The van der Waals surface area contributed by atoms with Gasteiger partial charge < -0.3 is 5.73 Å². The zero-order valence-electron chi connectivity index (χ0n) is 6.15. The molecule has 0 bridgehead atoms. The van der Waals surface area contributed by atoms with Crippen LogP contribution in [0.5, 0.6) is 0 Å². The second kappa shape index (κ2) is 3.55. The fraction of sp³-hybridized carbons (Fsp3) is 0.500. The smallest absolute Gasteiger partial charge is 0.368 e. The van der Waals surface area contributed by atoms with Crippen LogP contribution >= 0.6 is 0 Å². The van der Waals surface area contributed by atoms with Crippen molar-refractivity contribution in [3.8, 4) is 0 Å². The molecule has 2 nitrogen and oxygen atoms in total. The molecular formula is C6H7F4NO. The van der Waals surface area contributed by atoms with Gasteiger partial charge in [-0.2, -0.15) is 8.78 Å². The highest BCUT2D eigenvalue weighted by Crippen LogP contribution is 2.24. The maximum atomic E-state index is 12.1. The van der Waals surface area contributed by atoms with E-state index >= 15 is 0 Å². The van der Waals surface area contributed by atoms with Crippen LogP contribution in [0.2, 0.25) is 0 Å². The lowest BCUT2D eigenvalue weighted by Gasteiger charge is -2.10. The minimum absolute atomic E-state index is 0.236. The van der Waals surface area contributed by atoms with Crippen molar-refractivity contribution in [2.75, 3.05) is 0 Å². The van der Waals surface area contributed by atoms with Crippen molar-refractivity contribution < 1.29 is 22.4 Å². The van der Waals surface area contributed by atoms with E-state index in [0.29, 0.717) is 0 Å². The van der Waals surface area contributed by atoms with Crippen LogP contribution in [0, 0.1) is 0 Å². The van der Waals surface area contributed by atoms with Gasteiger partial charge in [-0.25, -0.2) is 8.78 Å². The van der Waals surface area contributed by atoms with Crippen molar-refractivity contribution in [3.63, 3.8) is 0 Å². The Hall–Kier alpha value is -1.07. The Kier molecular flexibility index (Phi) is 3.24. The number of hydrogen-bond acceptors (Lipinski definition) is 2. The van der Waals surface area contributed by atoms with Crippen molar-refractivity contribution in [2.24, 2.45) is 5.73 Å². The maximum Gasteiger partial charge on any atom is 0.368 e. The Morgan fingerprint density at radius 2 is 1.92 bits per heavy atom. The summed E-state index contributed by atoms with van der Waals surface area (Å²) in [5, 5.41) is 0. The molecule has 0 fully saturated rings. The molecule has 0 unspecified atom stereocenters. The van der Waals surface area contributed by atoms with Gasteiger partial charge in [-0.15, -0.1) is 0 Å². The van der Waals surface area contributed by atoms with Crippen molar-refractivity contribution >= 4 is 5.78 Å². The number of nitrogens with two attached hydrogens (primary N) is 1. The van der Waals surface area contributed by atoms with Gasteiger partial charge >= 0.3 is 12.3 Å². The molecule has 6 heteroatoms. The molecule has 0 spiro atoms. The predicted molar refractivity (Wildman–Crippen MR) is 33.9 cm³/mol. The van der Waals surface area contributed by atoms with Gasteiger partial charge in [0.05, 0.1) is 0 Å². The molecule has 0 saturated heterocycles. The van der Waals surface area contributed by atoms with E-state index in [1.54, 1.807) is 0 Å². The van der Waals surface area contributed by atoms with E-state index in [0.717, 1.165) is 6.92 Å². The lowest BCUT2D eigenvalue weighted by Crippen LogP contribution is -2.35. The largest absolute Gasteiger partial charge is 0.402 e. The van der Waals surface area contributed by atoms with Crippen molar-refractivity contribution in [3.05, 3.63) is 11.8 Å². The van der Waals surface area contributed by atoms with Crippen LogP contribution in [0.15, 0.2) is 11.8 Å². The first-order chi connectivity index (χ1) is 5.28. The molecule has 0 radical (unpaired) electrons. The quantitative estimate of drug-likeness (QED) is 0.532. The van der Waals surface area contributed by atoms with Crippen molar-refractivity contribution in [1.29, 1.82) is 0 Å². The molecule has 0 rings (SSSR count). The van der Waals surface area contributed by atoms with Crippen LogP contribution in [0.25, 0.3) is 0 Å². The molecule has 0 aliphatic heterocycles. The number of alkyl halides is 4. The summed E-state index contributed by atoms with van der Waals surface area (Å²) in [6, 6.07) is 0. The number of hydrogen-bond donors (Lipinski definition) is 1. The molecule has 0 aromatic carbocycles. The monoisotopic (exact) mass is 185 g/mol. The summed E-state index contributed by atoms with van der Waals surface area (Å²) in [6.07, 6.45) is -3.72. The molecule has 0 aliphatic carbocycles. The Balaban J connectivity index is 4.59. The first kappa shape index (κ1) is 10.9. The second-order valence-corrected chi connectivity index (χ2v) is 2.18. The minimum atomic E-state index is -4.64. The first-order valence-corrected chi connectivity index (χ1v) is 2.92. The van der Waals surface area contributed by atoms with Crippen LogP contribution in [0.3, 0.4) is 0 Å². The van der Waals surface area contributed by atoms with E-state index in [1.807, 2.05) is 0 Å². The summed E-state index contributed by atoms with van der Waals surface area (Å²) < 4.78 is 47.1. The fourth-order valence-electron chi connectivity index (χ4n) is 0.411. The van der Waals surface area contributed by atoms with E-state index in [2.05, 4.69) is 0 Å². The van der Waals surface area contributed by atoms with E-state index < -0.39 is 18.1 Å². The van der Waals surface area contributed by atoms with Gasteiger partial charge in [-0.1, -0.05) is 0 Å². The average molecular weight is 185 g/mol. The Morgan fingerprint density at radius 1 is 1.50 bits per heavy atom. The lowest BCUT2D eigenvalue weighted by molar-refractivity contribution is -0.161. The van der Waals surface area contributed by atoms with Crippen LogP contribution in [-0.2, 0) is 4.79 Å². The number of rotatable bonds is 3. The third-order valence-electron chi connectivity index (χ3n) is 0.961. The highest BCUT2D eigenvalue weighted by Gasteiger charge is 2.47. The van der Waals surface area contributed by atoms with Crippen LogP contribution in [-0.4, -0.2) is 18.1 Å². The molecule has 0 atom stereocenters. The fourth-order valence-corrected chi connectivity index (χ4v) is 0.411. The van der Waals surface area contributed by atoms with Crippen molar-refractivity contribution in [1.82, 2.24) is 0 Å². The van der Waals surface area contributed by atoms with Crippen molar-refractivity contribution in [2.45, 2.75) is 19.3 Å². The van der Waals surface area contributed by atoms with Gasteiger partial charge in [0.15, 0.2) is 0 Å². The molecule has 0 aromatic heterocycles. The number of halogens is 4. The van der Waals surface area contributed by atoms with Crippen LogP contribution in [0.4, 0.5) is 17.6 Å². The zero-order chi connectivity index (χ0) is 9.94. The van der Waals surface area contributed by atoms with Gasteiger partial charge in [0.25, 0.3) is 0 Å². The molecular weight excluding hydrogens is 178 g/mol. The number of carbonyl (C=O) groups is 1. The first-order valence-electron chi connectivity index (χ1n) is 2.92. The molecule has 0 aliphatic rings. The van der Waals surface area contributed by atoms with Gasteiger partial charge in [0.1, 0.15) is 0 Å². The van der Waals surface area contributed by atoms with Gasteiger partial charge in [0.2, 0.25) is 5.78 Å². The Bertz CT molecular complexity index is 208. The van der Waals surface area contributed by atoms with E-state index in [9.17, 15) is 22.4 Å². The normalized spacial score (nSPS) is 13.7. The number of allylic oxidation sites excluding steroid dienone is 2. The summed E-state index contributed by atoms with van der Waals surface area (Å²) in [6.45, 7) is 1.15. The average Bonchev–Trinajstić information content (AvgIpc) is 1.85. The molecule has 12 heavy (non-hydrogen) atoms. The highest BCUT2D eigenvalue weighted by atomic mass is 19.3. The second-order valence-electron chi connectivity index (χ2n) is 2.18. The zero-order valence-corrected chi connectivity index (χ0v) is 6.15. The van der Waals surface area contributed by atoms with E-state index in [1.165, 1.54) is 0 Å². The van der Waals surface area contributed by atoms with E-state index in [4.69, 9.17) is 5.73 Å². The summed E-state index contributed by atoms with van der Waals surface area (Å²) in [5.74, 6) is -6.61. The lowest BCUT2D eigenvalue weighted by atomic mass is 10.2. The Labute approximate surface area is 66.0 Å². The van der Waals surface area contributed by atoms with Crippen LogP contribution in [0.1, 0.15) is 6.92 Å². The summed E-state index contributed by atoms with van der Waals surface area (Å²) in [5.41, 5.74) is 4.62. The molecule has 0 aromatic rings. The molecule has 0 amide bonds. The topological polar surface area (TPSA) is 43.1 Å². The number of ketones is 1. The molecule has 70 valence electrons. The van der Waals surface area contributed by atoms with Crippen LogP contribution < -0.4 is 5.73 Å². The summed E-state index contributed by atoms with van der Waals surface area (Å²) in [4.78, 5) is 10.3. The third kappa shape index (κ3) is 2.52. The standard InChI is InChI=1S/C6H7F4NO/c1-3(11)2-4(12)6(9,10)5(7)8/h2,5H,11H2,1H3. The molecule has 2 N–H and O–H groups in total. The Morgan fingerprint density at radius 3 is 2.17 bits per heavy atom. The summed E-state index contributed by atoms with van der Waals surface area (Å²) >= 11 is 0. The summed E-state index contributed by atoms with van der Waals surface area (Å²) in [7, 11) is 0. The minimum Gasteiger partial charge on any atom is -0.402 e. The van der Waals surface area contributed by atoms with Gasteiger partial charge in [-0.3, -0.25) is 4.79 Å². The highest BCUT2D eigenvalue weighted by molar-refractivity contribution is 5.96. The van der Waals surface area contributed by atoms with Gasteiger partial charge in [-0.05, 0) is 6.92 Å². The maximum absolute atomic E-state index is 12.1. The van der Waals surface area contributed by atoms with E-state index in [-0.39, 0.29) is 11.8 Å². The SMILES string of the molecule is CC(N)=CC(=O)C(F)(F)C(F)F. The van der Waals surface area contributed by atoms with Gasteiger partial charge in [0, 0.05) is 11.8 Å².